The van der Waals surface area contributed by atoms with Gasteiger partial charge in [0.2, 0.25) is 11.8 Å². The number of nitriles is 1. The third-order valence-electron chi connectivity index (χ3n) is 5.06. The second-order valence-corrected chi connectivity index (χ2v) is 7.67. The Bertz CT molecular complexity index is 813. The van der Waals surface area contributed by atoms with Crippen LogP contribution in [0.5, 0.6) is 0 Å². The van der Waals surface area contributed by atoms with Gasteiger partial charge < -0.3 is 10.2 Å². The summed E-state index contributed by atoms with van der Waals surface area (Å²) in [6, 6.07) is 13.6. The molecule has 0 aliphatic heterocycles. The van der Waals surface area contributed by atoms with E-state index in [9.17, 15) is 9.59 Å². The average molecular weight is 427 g/mol. The summed E-state index contributed by atoms with van der Waals surface area (Å²) in [4.78, 5) is 29.0. The maximum absolute atomic E-state index is 12.7. The van der Waals surface area contributed by atoms with Crippen molar-refractivity contribution >= 4 is 28.8 Å². The lowest BCUT2D eigenvalue weighted by Crippen LogP contribution is -2.38. The number of hydrogen-bond acceptors (Lipinski definition) is 5. The molecule has 0 aliphatic rings. The quantitative estimate of drug-likeness (QED) is 0.557. The van der Waals surface area contributed by atoms with Crippen molar-refractivity contribution in [1.29, 1.82) is 5.26 Å². The smallest absolute Gasteiger partial charge is 0.227 e. The highest BCUT2D eigenvalue weighted by Crippen LogP contribution is 2.22. The first kappa shape index (κ1) is 23.6. The predicted octanol–water partition coefficient (Wildman–Crippen LogP) is 3.97. The lowest BCUT2D eigenvalue weighted by Gasteiger charge is -2.29. The molecule has 0 saturated carbocycles. The van der Waals surface area contributed by atoms with Crippen LogP contribution < -0.4 is 10.2 Å². The highest BCUT2D eigenvalue weighted by Gasteiger charge is 2.20. The molecular formula is C23H30N4O2S. The van der Waals surface area contributed by atoms with Crippen LogP contribution in [0.1, 0.15) is 44.7 Å². The maximum atomic E-state index is 12.7. The highest BCUT2D eigenvalue weighted by atomic mass is 32.1. The number of para-hydroxylation sites is 1. The number of nitrogens with one attached hydrogen (secondary N) is 1. The van der Waals surface area contributed by atoms with Crippen molar-refractivity contribution in [3.63, 3.8) is 0 Å². The third-order valence-corrected chi connectivity index (χ3v) is 5.76. The van der Waals surface area contributed by atoms with Crippen LogP contribution in [0.4, 0.5) is 5.69 Å². The molecule has 160 valence electrons. The highest BCUT2D eigenvalue weighted by molar-refractivity contribution is 7.07. The van der Waals surface area contributed by atoms with E-state index in [-0.39, 0.29) is 37.1 Å². The molecule has 0 spiro atoms. The summed E-state index contributed by atoms with van der Waals surface area (Å²) in [5, 5.41) is 16.1. The van der Waals surface area contributed by atoms with E-state index in [1.54, 1.807) is 16.2 Å². The van der Waals surface area contributed by atoms with Crippen LogP contribution in [0.15, 0.2) is 47.2 Å². The zero-order valence-corrected chi connectivity index (χ0v) is 18.5. The van der Waals surface area contributed by atoms with Crippen molar-refractivity contribution in [3.8, 4) is 6.07 Å². The number of carbonyl (C=O) groups excluding carboxylic acids is 2. The Morgan fingerprint density at radius 1 is 1.13 bits per heavy atom. The monoisotopic (exact) mass is 426 g/mol. The van der Waals surface area contributed by atoms with E-state index in [0.29, 0.717) is 13.1 Å². The number of hydrogen-bond donors (Lipinski definition) is 1. The van der Waals surface area contributed by atoms with Crippen LogP contribution >= 0.6 is 11.3 Å². The van der Waals surface area contributed by atoms with E-state index in [2.05, 4.69) is 41.6 Å². The molecule has 1 aromatic carbocycles. The van der Waals surface area contributed by atoms with Crippen LogP contribution in [0.2, 0.25) is 0 Å². The first-order valence-corrected chi connectivity index (χ1v) is 11.3. The molecule has 0 fully saturated rings. The van der Waals surface area contributed by atoms with Crippen LogP contribution in [-0.2, 0) is 9.59 Å². The number of amides is 2. The van der Waals surface area contributed by atoms with E-state index in [0.717, 1.165) is 18.8 Å². The van der Waals surface area contributed by atoms with Gasteiger partial charge in [-0.15, -0.1) is 0 Å². The molecule has 2 aromatic rings. The Hall–Kier alpha value is -2.69. The average Bonchev–Trinajstić information content (AvgIpc) is 3.30. The number of benzene rings is 1. The molecule has 1 unspecified atom stereocenters. The minimum absolute atomic E-state index is 0.112. The maximum Gasteiger partial charge on any atom is 0.227 e. The molecule has 0 aliphatic carbocycles. The predicted molar refractivity (Wildman–Crippen MR) is 121 cm³/mol. The molecule has 1 heterocycles. The van der Waals surface area contributed by atoms with E-state index < -0.39 is 0 Å². The Morgan fingerprint density at radius 3 is 2.47 bits per heavy atom. The van der Waals surface area contributed by atoms with Crippen molar-refractivity contribution in [2.75, 3.05) is 31.1 Å². The van der Waals surface area contributed by atoms with Gasteiger partial charge >= 0.3 is 0 Å². The minimum atomic E-state index is -0.148. The number of likely N-dealkylation sites (N-methyl/N-ethyl adjacent to an activating group) is 1. The van der Waals surface area contributed by atoms with E-state index in [4.69, 9.17) is 5.26 Å². The van der Waals surface area contributed by atoms with E-state index in [1.807, 2.05) is 35.7 Å². The number of nitrogens with zero attached hydrogens (tertiary/aromatic N) is 3. The molecule has 30 heavy (non-hydrogen) atoms. The fraction of sp³-hybridized carbons (Fsp3) is 0.435. The molecular weight excluding hydrogens is 396 g/mol. The lowest BCUT2D eigenvalue weighted by atomic mass is 10.1. The largest absolute Gasteiger partial charge is 0.354 e. The Kier molecular flexibility index (Phi) is 10.1. The molecule has 0 bridgehead atoms. The van der Waals surface area contributed by atoms with Crippen LogP contribution in [0.25, 0.3) is 0 Å². The second-order valence-electron chi connectivity index (χ2n) is 6.89. The van der Waals surface area contributed by atoms with Crippen LogP contribution in [0, 0.1) is 11.3 Å². The Morgan fingerprint density at radius 2 is 1.87 bits per heavy atom. The lowest BCUT2D eigenvalue weighted by molar-refractivity contribution is -0.125. The Labute approximate surface area is 183 Å². The first-order chi connectivity index (χ1) is 14.6. The molecule has 1 N–H and O–H groups in total. The van der Waals surface area contributed by atoms with Gasteiger partial charge in [-0.25, -0.2) is 0 Å². The van der Waals surface area contributed by atoms with Gasteiger partial charge in [0.15, 0.2) is 0 Å². The summed E-state index contributed by atoms with van der Waals surface area (Å²) < 4.78 is 0. The van der Waals surface area contributed by atoms with Crippen molar-refractivity contribution < 1.29 is 9.59 Å². The van der Waals surface area contributed by atoms with Gasteiger partial charge in [-0.1, -0.05) is 32.0 Å². The normalized spacial score (nSPS) is 11.7. The molecule has 7 heteroatoms. The van der Waals surface area contributed by atoms with E-state index in [1.165, 1.54) is 5.56 Å². The van der Waals surface area contributed by atoms with Crippen molar-refractivity contribution in [1.82, 2.24) is 10.2 Å². The number of rotatable bonds is 12. The van der Waals surface area contributed by atoms with Gasteiger partial charge in [-0.05, 0) is 47.6 Å². The fourth-order valence-corrected chi connectivity index (χ4v) is 4.12. The summed E-state index contributed by atoms with van der Waals surface area (Å²) in [6.07, 6.45) is 0.489. The summed E-state index contributed by atoms with van der Waals surface area (Å²) in [6.45, 7) is 6.86. The summed E-state index contributed by atoms with van der Waals surface area (Å²) in [5.74, 6) is -0.284. The first-order valence-electron chi connectivity index (χ1n) is 10.4. The van der Waals surface area contributed by atoms with Gasteiger partial charge in [0.25, 0.3) is 0 Å². The van der Waals surface area contributed by atoms with Crippen LogP contribution in [-0.4, -0.2) is 42.9 Å². The molecule has 1 aromatic heterocycles. The molecule has 1 atom stereocenters. The zero-order valence-electron chi connectivity index (χ0n) is 17.7. The Balaban J connectivity index is 1.91. The molecule has 0 radical (unpaired) electrons. The number of thiophene rings is 1. The van der Waals surface area contributed by atoms with Gasteiger partial charge in [-0.3, -0.25) is 14.5 Å². The molecule has 0 saturated heterocycles. The number of anilines is 1. The summed E-state index contributed by atoms with van der Waals surface area (Å²) >= 11 is 1.65. The van der Waals surface area contributed by atoms with Gasteiger partial charge in [-0.2, -0.15) is 16.6 Å². The third kappa shape index (κ3) is 6.97. The van der Waals surface area contributed by atoms with E-state index >= 15 is 0 Å². The zero-order chi connectivity index (χ0) is 21.8. The van der Waals surface area contributed by atoms with Gasteiger partial charge in [0.05, 0.1) is 18.5 Å². The second kappa shape index (κ2) is 12.8. The van der Waals surface area contributed by atoms with Crippen molar-refractivity contribution in [3.05, 3.63) is 52.7 Å². The molecule has 2 amide bonds. The summed E-state index contributed by atoms with van der Waals surface area (Å²) in [7, 11) is 0. The van der Waals surface area contributed by atoms with Crippen molar-refractivity contribution in [2.45, 2.75) is 39.2 Å². The summed E-state index contributed by atoms with van der Waals surface area (Å²) in [5.41, 5.74) is 1.95. The topological polar surface area (TPSA) is 76.4 Å². The fourth-order valence-electron chi connectivity index (χ4n) is 3.41. The minimum Gasteiger partial charge on any atom is -0.354 e. The van der Waals surface area contributed by atoms with Gasteiger partial charge in [0, 0.05) is 31.6 Å². The SMILES string of the molecule is CCN(CC)C(CNC(=O)CCC(=O)N(CCC#N)c1ccccc1)c1ccsc1. The van der Waals surface area contributed by atoms with Crippen molar-refractivity contribution in [2.24, 2.45) is 0 Å². The molecule has 2 rings (SSSR count). The van der Waals surface area contributed by atoms with Crippen LogP contribution in [0.3, 0.4) is 0 Å². The standard InChI is InChI=1S/C23H30N4O2S/c1-3-26(4-2)21(19-13-16-30-18-19)17-25-22(28)11-12-23(29)27(15-8-14-24)20-9-6-5-7-10-20/h5-7,9-10,13,16,18,21H,3-4,8,11-12,15,17H2,1-2H3,(H,25,28). The van der Waals surface area contributed by atoms with Gasteiger partial charge in [0.1, 0.15) is 0 Å². The number of carbonyl (C=O) groups is 2. The molecule has 6 nitrogen and oxygen atoms in total.